The molecule has 5 amide bonds. The summed E-state index contributed by atoms with van der Waals surface area (Å²) >= 11 is 0. The summed E-state index contributed by atoms with van der Waals surface area (Å²) < 4.78 is 117. The first-order valence-electron chi connectivity index (χ1n) is 35.9. The summed E-state index contributed by atoms with van der Waals surface area (Å²) in [6.07, 6.45) is 5.29. The van der Waals surface area contributed by atoms with Crippen LogP contribution in [0.4, 0.5) is 51.2 Å². The van der Waals surface area contributed by atoms with Gasteiger partial charge in [-0.05, 0) is 219 Å². The number of likely N-dealkylation sites (N-methyl/N-ethyl adjacent to an activating group) is 3. The molecule has 33 heteroatoms. The molecule has 0 bridgehead atoms. The summed E-state index contributed by atoms with van der Waals surface area (Å²) in [5.74, 6) is -1.31. The van der Waals surface area contributed by atoms with Gasteiger partial charge in [-0.25, -0.2) is 0 Å². The van der Waals surface area contributed by atoms with Crippen LogP contribution in [0.15, 0.2) is 235 Å². The number of aryl methyl sites for hydroxylation is 4. The smallest absolute Gasteiger partial charge is 0.303 e. The van der Waals surface area contributed by atoms with Crippen molar-refractivity contribution < 1.29 is 62.1 Å². The Balaban J connectivity index is 0.000000133. The maximum absolute atomic E-state index is 12.9. The summed E-state index contributed by atoms with van der Waals surface area (Å²) in [7, 11) is -7.30. The zero-order chi connectivity index (χ0) is 81.0. The molecule has 3 aromatic heterocycles. The summed E-state index contributed by atoms with van der Waals surface area (Å²) in [6.45, 7) is 8.67. The molecule has 4 saturated heterocycles. The molecule has 114 heavy (non-hydrogen) atoms. The third-order valence-electron chi connectivity index (χ3n) is 19.6. The van der Waals surface area contributed by atoms with Gasteiger partial charge in [0.15, 0.2) is 0 Å². The molecule has 29 nitrogen and oxygen atoms in total. The Morgan fingerprint density at radius 2 is 0.851 bits per heavy atom. The number of carbonyl (C=O) groups is 5. The van der Waals surface area contributed by atoms with Gasteiger partial charge in [0.2, 0.25) is 0 Å². The lowest BCUT2D eigenvalue weighted by atomic mass is 10.1. The molecule has 4 aliphatic rings. The highest BCUT2D eigenvalue weighted by Gasteiger charge is 2.37. The predicted octanol–water partition coefficient (Wildman–Crippen LogP) is 11.4. The number of hydrogen-bond acceptors (Lipinski definition) is 15. The summed E-state index contributed by atoms with van der Waals surface area (Å²) in [4.78, 5) is 67.3. The van der Waals surface area contributed by atoms with Gasteiger partial charge in [-0.3, -0.25) is 46.2 Å². The molecular weight excluding hydrogens is 1540 g/mol. The van der Waals surface area contributed by atoms with E-state index in [9.17, 15) is 57.6 Å². The van der Waals surface area contributed by atoms with Crippen LogP contribution in [-0.4, -0.2) is 159 Å². The fraction of sp³-hybridized carbons (Fsp3) is 0.185. The first-order valence-corrected chi connectivity index (χ1v) is 41.6. The van der Waals surface area contributed by atoms with Crippen molar-refractivity contribution in [2.24, 2.45) is 7.05 Å². The van der Waals surface area contributed by atoms with E-state index in [2.05, 4.69) is 36.3 Å². The Hall–Kier alpha value is -12.3. The fourth-order valence-electron chi connectivity index (χ4n) is 13.1. The number of aromatic nitrogens is 2. The topological polar surface area (TPSA) is 348 Å². The van der Waals surface area contributed by atoms with E-state index >= 15 is 0 Å². The molecule has 0 spiro atoms. The molecule has 588 valence electrons. The second kappa shape index (κ2) is 33.2. The average molecular weight is 1620 g/mol. The Morgan fingerprint density at radius 3 is 1.38 bits per heavy atom. The minimum atomic E-state index is -3.53. The number of fused-ring (bicyclic) bond motifs is 3. The number of furan rings is 1. The molecule has 0 atom stereocenters. The highest BCUT2D eigenvalue weighted by molar-refractivity contribution is 7.91. The van der Waals surface area contributed by atoms with Gasteiger partial charge in [0.05, 0.1) is 34.5 Å². The van der Waals surface area contributed by atoms with Crippen LogP contribution in [-0.2, 0) is 47.9 Å². The number of hydrogen-bond donors (Lipinski definition) is 6. The maximum atomic E-state index is 12.9. The largest absolute Gasteiger partial charge is 0.464 e. The quantitative estimate of drug-likeness (QED) is 0.0589. The van der Waals surface area contributed by atoms with Crippen LogP contribution in [0.1, 0.15) is 68.5 Å². The minimum absolute atomic E-state index is 0.223. The van der Waals surface area contributed by atoms with Crippen LogP contribution >= 0.6 is 0 Å². The van der Waals surface area contributed by atoms with Crippen molar-refractivity contribution in [1.29, 1.82) is 0 Å². The lowest BCUT2D eigenvalue weighted by Crippen LogP contribution is -2.30. The molecule has 0 saturated carbocycles. The Bertz CT molecular complexity index is 6190. The van der Waals surface area contributed by atoms with E-state index in [4.69, 9.17) is 4.42 Å². The predicted molar refractivity (Wildman–Crippen MR) is 444 cm³/mol. The van der Waals surface area contributed by atoms with Crippen LogP contribution in [0.3, 0.4) is 0 Å². The zero-order valence-corrected chi connectivity index (χ0v) is 66.2. The number of rotatable bonds is 14. The molecule has 9 aromatic carbocycles. The lowest BCUT2D eigenvalue weighted by Gasteiger charge is -2.19. The molecule has 0 aliphatic carbocycles. The second-order valence-corrected chi connectivity index (χ2v) is 34.8. The third kappa shape index (κ3) is 17.5. The van der Waals surface area contributed by atoms with Gasteiger partial charge in [0.1, 0.15) is 5.58 Å². The fourth-order valence-corrected chi connectivity index (χ4v) is 18.3. The molecular formula is C81H81N15O14S4. The number of amides is 5. The van der Waals surface area contributed by atoms with Crippen molar-refractivity contribution >= 4 is 154 Å². The van der Waals surface area contributed by atoms with Gasteiger partial charge in [0, 0.05) is 165 Å². The van der Waals surface area contributed by atoms with E-state index < -0.39 is 40.8 Å². The number of carbonyl (C=O) groups excluding carboxylic acids is 5. The first kappa shape index (κ1) is 79.7. The van der Waals surface area contributed by atoms with E-state index in [1.165, 1.54) is 30.1 Å². The van der Waals surface area contributed by atoms with Gasteiger partial charge in [0.25, 0.3) is 29.5 Å². The Morgan fingerprint density at radius 1 is 0.386 bits per heavy atom. The van der Waals surface area contributed by atoms with Crippen molar-refractivity contribution in [2.45, 2.75) is 20.8 Å². The molecule has 4 aliphatic heterocycles. The van der Waals surface area contributed by atoms with Crippen LogP contribution in [0.2, 0.25) is 0 Å². The van der Waals surface area contributed by atoms with Crippen molar-refractivity contribution in [1.82, 2.24) is 27.2 Å². The number of pyridine rings is 1. The number of benzene rings is 9. The second-order valence-electron chi connectivity index (χ2n) is 27.2. The van der Waals surface area contributed by atoms with Crippen molar-refractivity contribution in [3.63, 3.8) is 0 Å². The zero-order valence-electron chi connectivity index (χ0n) is 63.0. The molecule has 0 radical (unpaired) electrons. The van der Waals surface area contributed by atoms with Gasteiger partial charge in [-0.2, -0.15) is 51.3 Å². The van der Waals surface area contributed by atoms with Gasteiger partial charge < -0.3 is 35.6 Å². The summed E-state index contributed by atoms with van der Waals surface area (Å²) in [6, 6.07) is 61.6. The SMILES string of the molecule is CN1CCN(c2ccc(C(=O)Nc3ccc4ncccc4c3)cc2)S1(=O)=O.CN1CCN(c2ccc(C(=O)Nc3ccc4occc4c3)cc2)S1(=O)=O.Cc1cc(N2CCN(C)S2(=O)=O)ccc1C(=O)Nc1ccc2ccn(C)c2c1.Cc1ccc(NC(=O)c2ccc(N3CCNS3(=O)=O)cc2C)cc1NC(=O)c1ccccc1. The lowest BCUT2D eigenvalue weighted by molar-refractivity contribution is 0.101. The highest BCUT2D eigenvalue weighted by atomic mass is 32.2. The number of anilines is 9. The van der Waals surface area contributed by atoms with Gasteiger partial charge in [-0.15, -0.1) is 0 Å². The highest BCUT2D eigenvalue weighted by Crippen LogP contribution is 2.32. The van der Waals surface area contributed by atoms with E-state index in [0.717, 1.165) is 43.9 Å². The van der Waals surface area contributed by atoms with E-state index in [0.29, 0.717) is 137 Å². The first-order chi connectivity index (χ1) is 54.4. The van der Waals surface area contributed by atoms with Gasteiger partial charge in [-0.1, -0.05) is 36.4 Å². The molecule has 12 aromatic rings. The van der Waals surface area contributed by atoms with Crippen molar-refractivity contribution in [3.8, 4) is 0 Å². The monoisotopic (exact) mass is 1620 g/mol. The average Bonchev–Trinajstić information content (AvgIpc) is 1.60. The van der Waals surface area contributed by atoms with Gasteiger partial charge >= 0.3 is 40.8 Å². The minimum Gasteiger partial charge on any atom is -0.464 e. The normalized spacial score (nSPS) is 16.1. The number of nitrogens with zero attached hydrogens (tertiary/aromatic N) is 9. The molecule has 0 unspecified atom stereocenters. The van der Waals surface area contributed by atoms with E-state index in [1.807, 2.05) is 104 Å². The molecule has 16 rings (SSSR count). The van der Waals surface area contributed by atoms with Crippen LogP contribution in [0, 0.1) is 20.8 Å². The Labute approximate surface area is 660 Å². The number of nitrogens with one attached hydrogen (secondary N) is 6. The van der Waals surface area contributed by atoms with Crippen LogP contribution in [0.25, 0.3) is 32.8 Å². The van der Waals surface area contributed by atoms with Crippen molar-refractivity contribution in [3.05, 3.63) is 275 Å². The summed E-state index contributed by atoms with van der Waals surface area (Å²) in [5, 5.41) is 17.3. The Kier molecular flexibility index (Phi) is 23.2. The molecule has 6 N–H and O–H groups in total. The van der Waals surface area contributed by atoms with Crippen LogP contribution < -0.4 is 48.5 Å². The molecule has 7 heterocycles. The van der Waals surface area contributed by atoms with Crippen molar-refractivity contribution in [2.75, 3.05) is 117 Å². The van der Waals surface area contributed by atoms with E-state index in [-0.39, 0.29) is 29.5 Å². The third-order valence-corrected chi connectivity index (χ3v) is 26.9. The maximum Gasteiger partial charge on any atom is 0.303 e. The van der Waals surface area contributed by atoms with E-state index in [1.54, 1.807) is 180 Å². The standard InChI is InChI=1S/C24H24N4O4S.C20H22N4O3S.C19H18N4O3S.C18H17N3O4S/c1-16-8-9-19(15-22(16)27-23(29)18-6-4-3-5-7-18)26-24(30)21-11-10-20(14-17(21)2)28-13-12-25-33(28,31)32;1-14-12-17(24-11-10-23(3)28(24,26)27)6-7-18(14)20(25)21-16-5-4-15-8-9-22(2)19(15)13-16;1-22-11-12-23(27(22,25)26)17-7-4-14(5-8-17)19(24)21-16-6-9-18-15(13-16)3-2-10-20-18;1-20-9-10-21(26(20,23)24)16-5-2-13(3-6-16)18(22)19-15-4-7-17-14(12-15)8-11-25-17/h3-11,14-15,25H,12-13H2,1-2H3,(H,26,30)(H,27,29);4-9,12-13H,10-11H2,1-3H3,(H,21,25);2-10,13H,11-12H2,1H3,(H,21,24);2-8,11-12H,9-10H2,1H3,(H,19,22). The summed E-state index contributed by atoms with van der Waals surface area (Å²) in [5.41, 5.74) is 12.6. The molecule has 4 fully saturated rings. The van der Waals surface area contributed by atoms with Crippen LogP contribution in [0.5, 0.6) is 0 Å².